The first kappa shape index (κ1) is 47.3. The van der Waals surface area contributed by atoms with Gasteiger partial charge in [-0.05, 0) is 141 Å². The minimum Gasteiger partial charge on any atom is -0.410 e. The van der Waals surface area contributed by atoms with E-state index in [9.17, 15) is 14.4 Å². The van der Waals surface area contributed by atoms with Crippen LogP contribution < -0.4 is 10.2 Å². The third-order valence-electron chi connectivity index (χ3n) is 14.1. The molecule has 3 aliphatic carbocycles. The molecule has 2 heterocycles. The minimum absolute atomic E-state index is 0. The van der Waals surface area contributed by atoms with Gasteiger partial charge in [0, 0.05) is 30.6 Å². The highest BCUT2D eigenvalue weighted by atomic mass is 32.1. The van der Waals surface area contributed by atoms with Crippen molar-refractivity contribution in [2.45, 2.75) is 167 Å². The molecular formula is C42H70B4FN3O3S. The van der Waals surface area contributed by atoms with E-state index in [0.29, 0.717) is 47.1 Å². The van der Waals surface area contributed by atoms with Crippen LogP contribution in [0.15, 0.2) is 18.2 Å². The Morgan fingerprint density at radius 1 is 1.00 bits per heavy atom. The summed E-state index contributed by atoms with van der Waals surface area (Å²) < 4.78 is 18.7. The highest BCUT2D eigenvalue weighted by Gasteiger charge is 2.54. The van der Waals surface area contributed by atoms with Crippen LogP contribution in [0.1, 0.15) is 149 Å². The molecule has 0 spiro atoms. The molecule has 6 rings (SSSR count). The lowest BCUT2D eigenvalue weighted by atomic mass is 9.35. The van der Waals surface area contributed by atoms with Gasteiger partial charge in [-0.1, -0.05) is 79.0 Å². The van der Waals surface area contributed by atoms with Gasteiger partial charge in [-0.2, -0.15) is 12.6 Å². The number of carbonyl (C=O) groups is 1. The maximum Gasteiger partial charge on any atom is 0.415 e. The molecule has 296 valence electrons. The van der Waals surface area contributed by atoms with E-state index in [0.717, 1.165) is 38.8 Å². The number of benzene rings is 1. The molecule has 5 unspecified atom stereocenters. The van der Waals surface area contributed by atoms with E-state index in [-0.39, 0.29) is 31.4 Å². The van der Waals surface area contributed by atoms with E-state index in [4.69, 9.17) is 36.1 Å². The molecule has 4 fully saturated rings. The second kappa shape index (κ2) is 20.6. The summed E-state index contributed by atoms with van der Waals surface area (Å²) in [6.07, 6.45) is 16.3. The van der Waals surface area contributed by atoms with Gasteiger partial charge in [-0.3, -0.25) is 4.39 Å². The topological polar surface area (TPSA) is 65.0 Å². The van der Waals surface area contributed by atoms with Crippen LogP contribution in [0.3, 0.4) is 0 Å². The number of ether oxygens (including phenoxy) is 1. The van der Waals surface area contributed by atoms with E-state index < -0.39 is 10.7 Å². The number of thiol groups is 1. The zero-order valence-corrected chi connectivity index (χ0v) is 34.4. The van der Waals surface area contributed by atoms with Gasteiger partial charge in [-0.25, -0.2) is 10.3 Å². The Morgan fingerprint density at radius 2 is 1.65 bits per heavy atom. The average molecular weight is 759 g/mol. The molecule has 1 amide bonds. The molecule has 1 aromatic carbocycles. The van der Waals surface area contributed by atoms with Crippen LogP contribution in [0.4, 0.5) is 9.18 Å². The zero-order valence-electron chi connectivity index (χ0n) is 33.6. The van der Waals surface area contributed by atoms with Gasteiger partial charge in [0.25, 0.3) is 0 Å². The molecule has 2 saturated carbocycles. The Morgan fingerprint density at radius 3 is 2.20 bits per heavy atom. The third-order valence-corrected chi connectivity index (χ3v) is 14.4. The fourth-order valence-electron chi connectivity index (χ4n) is 9.51. The predicted molar refractivity (Wildman–Crippen MR) is 230 cm³/mol. The molecule has 0 bridgehead atoms. The first-order chi connectivity index (χ1) is 25.0. The second-order valence-corrected chi connectivity index (χ2v) is 18.2. The van der Waals surface area contributed by atoms with Gasteiger partial charge < -0.3 is 19.7 Å². The Balaban J connectivity index is 0.000000345. The number of aryl methyl sites for hydroxylation is 1. The number of piperidine rings is 2. The van der Waals surface area contributed by atoms with E-state index in [1.54, 1.807) is 0 Å². The van der Waals surface area contributed by atoms with Gasteiger partial charge in [0.05, 0.1) is 15.7 Å². The second-order valence-electron chi connectivity index (χ2n) is 17.8. The molecule has 8 radical (unpaired) electrons. The van der Waals surface area contributed by atoms with Crippen LogP contribution in [0.25, 0.3) is 0 Å². The lowest BCUT2D eigenvalue weighted by molar-refractivity contribution is -0.000726. The summed E-state index contributed by atoms with van der Waals surface area (Å²) in [6.45, 7) is 15.5. The fourth-order valence-corrected chi connectivity index (χ4v) is 9.67. The standard InChI is InChI=1S/C29H43N3O3.C7H16.C5H7B4FS.CH4/c1-29-14-11-24-23-8-6-22(19-20(23)5-7-25(24)26(29)9-10-27(29)30-34)35-28(33)32-17-12-21(13-18-32)31-15-3-2-4-16-31;1-5-7(3,4)6-2;6-4(7,2-1-3-11)5(8,9)10;/h6,8,19,21,24-27,30,34H,2-5,7,9-18H2,1H3;5-6H2,1-4H3;11H,1-3H2;1H4. The van der Waals surface area contributed by atoms with Crippen molar-refractivity contribution in [1.82, 2.24) is 15.3 Å². The van der Waals surface area contributed by atoms with Crippen LogP contribution in [0, 0.1) is 22.7 Å². The van der Waals surface area contributed by atoms with Gasteiger partial charge in [0.2, 0.25) is 0 Å². The maximum absolute atomic E-state index is 12.9. The van der Waals surface area contributed by atoms with E-state index in [2.05, 4.69) is 69.8 Å². The maximum atomic E-state index is 12.9. The summed E-state index contributed by atoms with van der Waals surface area (Å²) >= 11 is 3.91. The molecule has 5 aliphatic rings. The fraction of sp³-hybridized carbons (Fsp3) is 0.833. The number of alkyl halides is 1. The molecule has 6 nitrogen and oxygen atoms in total. The number of rotatable bonds is 9. The number of nitrogens with one attached hydrogen (secondary N) is 1. The number of halogens is 1. The minimum atomic E-state index is -2.53. The molecule has 2 N–H and O–H groups in total. The van der Waals surface area contributed by atoms with Crippen molar-refractivity contribution in [2.75, 3.05) is 31.9 Å². The Kier molecular flexibility index (Phi) is 18.0. The summed E-state index contributed by atoms with van der Waals surface area (Å²) in [5.41, 5.74) is 3.75. The lowest BCUT2D eigenvalue weighted by Gasteiger charge is -2.50. The van der Waals surface area contributed by atoms with Crippen molar-refractivity contribution in [3.8, 4) is 5.75 Å². The number of carbonyl (C=O) groups excluding carboxylic acids is 1. The number of nitrogens with zero attached hydrogens (tertiary/aromatic N) is 2. The molecule has 1 aromatic rings. The van der Waals surface area contributed by atoms with Gasteiger partial charge in [0.1, 0.15) is 21.4 Å². The first-order valence-corrected chi connectivity index (χ1v) is 21.3. The Hall–Kier alpha value is -1.09. The summed E-state index contributed by atoms with van der Waals surface area (Å²) in [4.78, 5) is 17.5. The Bertz CT molecular complexity index is 1300. The number of hydroxylamine groups is 1. The molecule has 12 heteroatoms. The van der Waals surface area contributed by atoms with Gasteiger partial charge in [0.15, 0.2) is 0 Å². The summed E-state index contributed by atoms with van der Waals surface area (Å²) in [5.74, 6) is 3.27. The van der Waals surface area contributed by atoms with Crippen LogP contribution in [0.2, 0.25) is 5.21 Å². The number of likely N-dealkylation sites (tertiary alicyclic amines) is 2. The monoisotopic (exact) mass is 760 g/mol. The summed E-state index contributed by atoms with van der Waals surface area (Å²) in [7, 11) is 20.4. The van der Waals surface area contributed by atoms with E-state index in [1.807, 2.05) is 11.0 Å². The van der Waals surface area contributed by atoms with Gasteiger partial charge >= 0.3 is 6.09 Å². The zero-order chi connectivity index (χ0) is 39.0. The normalized spacial score (nSPS) is 27.4. The smallest absolute Gasteiger partial charge is 0.410 e. The highest BCUT2D eigenvalue weighted by molar-refractivity contribution is 7.80. The largest absolute Gasteiger partial charge is 0.415 e. The molecular weight excluding hydrogens is 689 g/mol. The van der Waals surface area contributed by atoms with Crippen LogP contribution >= 0.6 is 12.6 Å². The molecule has 0 aromatic heterocycles. The van der Waals surface area contributed by atoms with Crippen molar-refractivity contribution in [3.05, 3.63) is 29.3 Å². The predicted octanol–water partition coefficient (Wildman–Crippen LogP) is 8.92. The van der Waals surface area contributed by atoms with Crippen molar-refractivity contribution < 1.29 is 19.1 Å². The molecule has 2 aliphatic heterocycles. The van der Waals surface area contributed by atoms with E-state index >= 15 is 0 Å². The SMILES string of the molecule is C.CC12CCC3c4ccc(OC(=O)N5CCC(N6CCCCC6)CC5)cc4CCC3C1CCC2NO.CCC(C)(C)CC.[B]C([B])(F)C([B])([B])CCCS. The number of fused-ring (bicyclic) bond motifs is 5. The number of hydrogen-bond donors (Lipinski definition) is 3. The third kappa shape index (κ3) is 11.7. The molecule has 2 saturated heterocycles. The van der Waals surface area contributed by atoms with Crippen LogP contribution in [-0.2, 0) is 6.42 Å². The van der Waals surface area contributed by atoms with Crippen LogP contribution in [-0.4, -0.2) is 102 Å². The average Bonchev–Trinajstić information content (AvgIpc) is 3.50. The van der Waals surface area contributed by atoms with Crippen molar-refractivity contribution in [3.63, 3.8) is 0 Å². The summed E-state index contributed by atoms with van der Waals surface area (Å²) in [5, 5.41) is 8.03. The number of amides is 1. The quantitative estimate of drug-likeness (QED) is 0.133. The molecule has 5 atom stereocenters. The van der Waals surface area contributed by atoms with Crippen LogP contribution in [0.5, 0.6) is 5.75 Å². The van der Waals surface area contributed by atoms with Crippen molar-refractivity contribution in [1.29, 1.82) is 0 Å². The van der Waals surface area contributed by atoms with Crippen molar-refractivity contribution >= 4 is 50.1 Å². The summed E-state index contributed by atoms with van der Waals surface area (Å²) in [6, 6.07) is 7.29. The molecule has 54 heavy (non-hydrogen) atoms. The lowest BCUT2D eigenvalue weighted by Crippen LogP contribution is -2.48. The Labute approximate surface area is 340 Å². The highest BCUT2D eigenvalue weighted by Crippen LogP contribution is 2.61. The van der Waals surface area contributed by atoms with Crippen molar-refractivity contribution in [2.24, 2.45) is 22.7 Å². The first-order valence-electron chi connectivity index (χ1n) is 20.7. The number of hydrogen-bond acceptors (Lipinski definition) is 6. The van der Waals surface area contributed by atoms with Gasteiger partial charge in [-0.15, -0.1) is 0 Å². The van der Waals surface area contributed by atoms with E-state index in [1.165, 1.54) is 82.0 Å².